The van der Waals surface area contributed by atoms with E-state index in [1.807, 2.05) is 13.8 Å². The fourth-order valence-corrected chi connectivity index (χ4v) is 3.91. The normalized spacial score (nSPS) is 33.3. The molecule has 122 valence electrons. The second-order valence-corrected chi connectivity index (χ2v) is 6.66. The highest BCUT2D eigenvalue weighted by Crippen LogP contribution is 2.38. The zero-order valence-corrected chi connectivity index (χ0v) is 15.0. The van der Waals surface area contributed by atoms with E-state index in [0.717, 1.165) is 23.7 Å². The summed E-state index contributed by atoms with van der Waals surface area (Å²) in [6.07, 6.45) is 15.2. The van der Waals surface area contributed by atoms with Crippen LogP contribution in [0.3, 0.4) is 0 Å². The van der Waals surface area contributed by atoms with Gasteiger partial charge in [0.15, 0.2) is 0 Å². The second-order valence-electron chi connectivity index (χ2n) is 6.66. The van der Waals surface area contributed by atoms with Gasteiger partial charge in [-0.25, -0.2) is 0 Å². The molecule has 1 nitrogen and oxygen atoms in total. The molecule has 0 saturated heterocycles. The maximum absolute atomic E-state index is 4.50. The van der Waals surface area contributed by atoms with Gasteiger partial charge in [-0.3, -0.25) is 0 Å². The van der Waals surface area contributed by atoms with Crippen molar-refractivity contribution in [1.29, 1.82) is 0 Å². The van der Waals surface area contributed by atoms with Crippen molar-refractivity contribution in [1.82, 2.24) is 0 Å². The zero-order chi connectivity index (χ0) is 15.4. The van der Waals surface area contributed by atoms with Crippen LogP contribution in [0, 0.1) is 23.7 Å². The summed E-state index contributed by atoms with van der Waals surface area (Å²) in [4.78, 5) is 0. The summed E-state index contributed by atoms with van der Waals surface area (Å²) in [5, 5.41) is 0. The molecule has 0 radical (unpaired) electrons. The molecule has 2 N–H and O–H groups in total. The first-order valence-electron chi connectivity index (χ1n) is 9.35. The average Bonchev–Trinajstić information content (AvgIpc) is 2.54. The predicted octanol–water partition coefficient (Wildman–Crippen LogP) is 6.02. The second kappa shape index (κ2) is 12.7. The molecule has 0 bridgehead atoms. The third kappa shape index (κ3) is 7.67. The molecule has 2 rings (SSSR count). The summed E-state index contributed by atoms with van der Waals surface area (Å²) in [5.41, 5.74) is 4.50. The quantitative estimate of drug-likeness (QED) is 0.673. The van der Waals surface area contributed by atoms with Crippen LogP contribution >= 0.6 is 0 Å². The molecule has 2 fully saturated rings. The Kier molecular flexibility index (Phi) is 12.7. The van der Waals surface area contributed by atoms with Crippen molar-refractivity contribution in [3.63, 3.8) is 0 Å². The lowest BCUT2D eigenvalue weighted by Gasteiger charge is -2.33. The molecule has 2 aliphatic rings. The van der Waals surface area contributed by atoms with Crippen LogP contribution in [0.2, 0.25) is 0 Å². The van der Waals surface area contributed by atoms with Gasteiger partial charge < -0.3 is 5.73 Å². The van der Waals surface area contributed by atoms with Gasteiger partial charge in [0.2, 0.25) is 0 Å². The third-order valence-corrected chi connectivity index (χ3v) is 5.35. The molecule has 0 unspecified atom stereocenters. The van der Waals surface area contributed by atoms with Crippen molar-refractivity contribution in [2.75, 3.05) is 7.05 Å². The van der Waals surface area contributed by atoms with Crippen LogP contribution in [0.1, 0.15) is 91.9 Å². The van der Waals surface area contributed by atoms with Crippen LogP contribution in [0.4, 0.5) is 0 Å². The maximum Gasteiger partial charge on any atom is -0.0195 e. The fraction of sp³-hybridized carbons (Fsp3) is 1.00. The lowest BCUT2D eigenvalue weighted by atomic mass is 9.73. The lowest BCUT2D eigenvalue weighted by molar-refractivity contribution is 0.194. The molecular formula is C19H41N. The zero-order valence-electron chi connectivity index (χ0n) is 15.0. The summed E-state index contributed by atoms with van der Waals surface area (Å²) in [5.74, 6) is 4.29. The van der Waals surface area contributed by atoms with Crippen molar-refractivity contribution < 1.29 is 0 Å². The van der Waals surface area contributed by atoms with E-state index in [4.69, 9.17) is 0 Å². The van der Waals surface area contributed by atoms with Gasteiger partial charge in [-0.2, -0.15) is 0 Å². The van der Waals surface area contributed by atoms with Crippen molar-refractivity contribution in [2.45, 2.75) is 91.9 Å². The molecule has 0 aromatic heterocycles. The first-order valence-corrected chi connectivity index (χ1v) is 9.35. The largest absolute Gasteiger partial charge is 0.333 e. The summed E-state index contributed by atoms with van der Waals surface area (Å²) < 4.78 is 0. The molecule has 0 spiro atoms. The molecule has 20 heavy (non-hydrogen) atoms. The van der Waals surface area contributed by atoms with Crippen LogP contribution in [0.25, 0.3) is 0 Å². The van der Waals surface area contributed by atoms with E-state index in [9.17, 15) is 0 Å². The van der Waals surface area contributed by atoms with E-state index < -0.39 is 0 Å². The molecule has 2 saturated carbocycles. The summed E-state index contributed by atoms with van der Waals surface area (Å²) in [7, 11) is 1.50. The Labute approximate surface area is 129 Å². The Balaban J connectivity index is 0.000000829. The van der Waals surface area contributed by atoms with Gasteiger partial charge in [0.25, 0.3) is 0 Å². The molecule has 0 aliphatic heterocycles. The van der Waals surface area contributed by atoms with E-state index in [0.29, 0.717) is 0 Å². The Morgan fingerprint density at radius 2 is 1.05 bits per heavy atom. The van der Waals surface area contributed by atoms with Gasteiger partial charge >= 0.3 is 0 Å². The molecule has 0 atom stereocenters. The minimum atomic E-state index is 1.02. The highest BCUT2D eigenvalue weighted by Gasteiger charge is 2.25. The van der Waals surface area contributed by atoms with Gasteiger partial charge in [-0.1, -0.05) is 85.5 Å². The molecule has 2 aliphatic carbocycles. The average molecular weight is 284 g/mol. The van der Waals surface area contributed by atoms with Gasteiger partial charge in [-0.15, -0.1) is 0 Å². The molecule has 0 aromatic carbocycles. The van der Waals surface area contributed by atoms with Crippen molar-refractivity contribution in [3.05, 3.63) is 0 Å². The predicted molar refractivity (Wildman–Crippen MR) is 92.9 cm³/mol. The minimum absolute atomic E-state index is 1.02. The van der Waals surface area contributed by atoms with Crippen LogP contribution in [-0.2, 0) is 0 Å². The van der Waals surface area contributed by atoms with Crippen molar-refractivity contribution in [2.24, 2.45) is 29.4 Å². The molecule has 0 heterocycles. The Morgan fingerprint density at radius 1 is 0.700 bits per heavy atom. The number of rotatable bonds is 3. The van der Waals surface area contributed by atoms with Crippen molar-refractivity contribution >= 4 is 0 Å². The molecule has 0 aromatic rings. The van der Waals surface area contributed by atoms with Crippen LogP contribution < -0.4 is 5.73 Å². The Bertz CT molecular complexity index is 186. The third-order valence-electron chi connectivity index (χ3n) is 5.35. The van der Waals surface area contributed by atoms with E-state index >= 15 is 0 Å². The number of hydrogen-bond acceptors (Lipinski definition) is 1. The lowest BCUT2D eigenvalue weighted by Crippen LogP contribution is -2.20. The topological polar surface area (TPSA) is 26.0 Å². The van der Waals surface area contributed by atoms with Gasteiger partial charge in [-0.05, 0) is 37.1 Å². The summed E-state index contributed by atoms with van der Waals surface area (Å²) in [6, 6.07) is 0. The SMILES string of the molecule is CC.CCC1CCC(CC2CCC(C)CC2)CC1.CN. The Hall–Kier alpha value is -0.0400. The minimum Gasteiger partial charge on any atom is -0.333 e. The van der Waals surface area contributed by atoms with E-state index in [2.05, 4.69) is 19.6 Å². The van der Waals surface area contributed by atoms with Gasteiger partial charge in [0, 0.05) is 0 Å². The summed E-state index contributed by atoms with van der Waals surface area (Å²) >= 11 is 0. The monoisotopic (exact) mass is 283 g/mol. The number of nitrogens with two attached hydrogens (primary N) is 1. The maximum atomic E-state index is 4.50. The van der Waals surface area contributed by atoms with Crippen LogP contribution in [0.5, 0.6) is 0 Å². The molecular weight excluding hydrogens is 242 g/mol. The first kappa shape index (κ1) is 20.0. The highest BCUT2D eigenvalue weighted by atomic mass is 14.4. The van der Waals surface area contributed by atoms with Gasteiger partial charge in [0.05, 0.1) is 0 Å². The molecule has 1 heteroatoms. The number of hydrogen-bond donors (Lipinski definition) is 1. The fourth-order valence-electron chi connectivity index (χ4n) is 3.91. The van der Waals surface area contributed by atoms with Crippen molar-refractivity contribution in [3.8, 4) is 0 Å². The Morgan fingerprint density at radius 3 is 1.45 bits per heavy atom. The molecule has 0 amide bonds. The smallest absolute Gasteiger partial charge is 0.0195 e. The van der Waals surface area contributed by atoms with Gasteiger partial charge in [0.1, 0.15) is 0 Å². The highest BCUT2D eigenvalue weighted by molar-refractivity contribution is 4.77. The standard InChI is InChI=1S/C16H30.C2H6.CH5N/c1-3-14-8-10-16(11-9-14)12-15-6-4-13(2)5-7-15;2*1-2/h13-16H,3-12H2,1-2H3;1-2H3;2H2,1H3. The first-order chi connectivity index (χ1) is 9.78. The van der Waals surface area contributed by atoms with E-state index in [1.165, 1.54) is 52.0 Å². The van der Waals surface area contributed by atoms with E-state index in [-0.39, 0.29) is 0 Å². The van der Waals surface area contributed by atoms with Crippen LogP contribution in [-0.4, -0.2) is 7.05 Å². The van der Waals surface area contributed by atoms with Crippen LogP contribution in [0.15, 0.2) is 0 Å². The summed E-state index contributed by atoms with van der Waals surface area (Å²) in [6.45, 7) is 8.80. The van der Waals surface area contributed by atoms with E-state index in [1.54, 1.807) is 19.3 Å².